The normalized spacial score (nSPS) is 12.5. The molecule has 1 aromatic rings. The SMILES string of the molecule is CCC(CC)C(O)CNC(=O)c1ccc(F)c(N)c1. The van der Waals surface area contributed by atoms with Gasteiger partial charge < -0.3 is 16.2 Å². The Kier molecular flexibility index (Phi) is 5.76. The van der Waals surface area contributed by atoms with Gasteiger partial charge in [0, 0.05) is 12.1 Å². The second-order valence-corrected chi connectivity index (χ2v) is 4.59. The molecule has 1 aromatic carbocycles. The summed E-state index contributed by atoms with van der Waals surface area (Å²) in [7, 11) is 0. The molecular formula is C14H21FN2O2. The van der Waals surface area contributed by atoms with Crippen LogP contribution in [-0.2, 0) is 0 Å². The Labute approximate surface area is 112 Å². The number of amides is 1. The fraction of sp³-hybridized carbons (Fsp3) is 0.500. The lowest BCUT2D eigenvalue weighted by Gasteiger charge is -2.20. The van der Waals surface area contributed by atoms with E-state index in [4.69, 9.17) is 5.73 Å². The van der Waals surface area contributed by atoms with E-state index in [-0.39, 0.29) is 29.6 Å². The molecule has 1 atom stereocenters. The molecule has 0 saturated heterocycles. The topological polar surface area (TPSA) is 75.3 Å². The lowest BCUT2D eigenvalue weighted by molar-refractivity contribution is 0.0816. The van der Waals surface area contributed by atoms with E-state index in [0.717, 1.165) is 18.9 Å². The minimum atomic E-state index is -0.572. The van der Waals surface area contributed by atoms with Crippen molar-refractivity contribution in [2.45, 2.75) is 32.8 Å². The van der Waals surface area contributed by atoms with Crippen molar-refractivity contribution in [1.29, 1.82) is 0 Å². The van der Waals surface area contributed by atoms with Crippen molar-refractivity contribution in [2.75, 3.05) is 12.3 Å². The van der Waals surface area contributed by atoms with E-state index >= 15 is 0 Å². The van der Waals surface area contributed by atoms with E-state index in [0.29, 0.717) is 0 Å². The molecule has 0 aromatic heterocycles. The van der Waals surface area contributed by atoms with Crippen LogP contribution in [0.15, 0.2) is 18.2 Å². The molecule has 0 fully saturated rings. The van der Waals surface area contributed by atoms with E-state index in [1.807, 2.05) is 13.8 Å². The molecule has 0 heterocycles. The van der Waals surface area contributed by atoms with Crippen LogP contribution in [0.5, 0.6) is 0 Å². The molecule has 4 N–H and O–H groups in total. The number of aliphatic hydroxyl groups is 1. The van der Waals surface area contributed by atoms with Gasteiger partial charge in [-0.3, -0.25) is 4.79 Å². The fourth-order valence-corrected chi connectivity index (χ4v) is 1.98. The first-order chi connectivity index (χ1) is 8.99. The van der Waals surface area contributed by atoms with Crippen LogP contribution >= 0.6 is 0 Å². The summed E-state index contributed by atoms with van der Waals surface area (Å²) in [6.07, 6.45) is 1.14. The van der Waals surface area contributed by atoms with E-state index in [1.165, 1.54) is 12.1 Å². The lowest BCUT2D eigenvalue weighted by atomic mass is 9.96. The number of nitrogens with two attached hydrogens (primary N) is 1. The van der Waals surface area contributed by atoms with Crippen LogP contribution in [0.3, 0.4) is 0 Å². The minimum Gasteiger partial charge on any atom is -0.396 e. The number of carbonyl (C=O) groups is 1. The van der Waals surface area contributed by atoms with Crippen molar-refractivity contribution < 1.29 is 14.3 Å². The van der Waals surface area contributed by atoms with Crippen molar-refractivity contribution >= 4 is 11.6 Å². The zero-order valence-corrected chi connectivity index (χ0v) is 11.3. The first kappa shape index (κ1) is 15.4. The summed E-state index contributed by atoms with van der Waals surface area (Å²) in [4.78, 5) is 11.8. The van der Waals surface area contributed by atoms with Gasteiger partial charge in [0.25, 0.3) is 5.91 Å². The van der Waals surface area contributed by atoms with Gasteiger partial charge in [-0.05, 0) is 24.1 Å². The second-order valence-electron chi connectivity index (χ2n) is 4.59. The second kappa shape index (κ2) is 7.09. The highest BCUT2D eigenvalue weighted by Crippen LogP contribution is 2.14. The molecule has 0 aliphatic rings. The zero-order chi connectivity index (χ0) is 14.4. The number of aliphatic hydroxyl groups excluding tert-OH is 1. The average molecular weight is 268 g/mol. The standard InChI is InChI=1S/C14H21FN2O2/c1-3-9(4-2)13(18)8-17-14(19)10-5-6-11(15)12(16)7-10/h5-7,9,13,18H,3-4,8,16H2,1-2H3,(H,17,19). The number of halogens is 1. The van der Waals surface area contributed by atoms with E-state index in [9.17, 15) is 14.3 Å². The third kappa shape index (κ3) is 4.21. The number of hydrogen-bond donors (Lipinski definition) is 3. The predicted octanol–water partition coefficient (Wildman–Crippen LogP) is 1.93. The van der Waals surface area contributed by atoms with Gasteiger partial charge in [-0.1, -0.05) is 26.7 Å². The molecule has 106 valence electrons. The Balaban J connectivity index is 2.58. The third-order valence-corrected chi connectivity index (χ3v) is 3.32. The lowest BCUT2D eigenvalue weighted by Crippen LogP contribution is -2.36. The minimum absolute atomic E-state index is 0.0619. The van der Waals surface area contributed by atoms with Gasteiger partial charge >= 0.3 is 0 Å². The number of carbonyl (C=O) groups excluding carboxylic acids is 1. The van der Waals surface area contributed by atoms with Crippen LogP contribution < -0.4 is 11.1 Å². The summed E-state index contributed by atoms with van der Waals surface area (Å²) in [5.41, 5.74) is 5.63. The highest BCUT2D eigenvalue weighted by Gasteiger charge is 2.17. The summed E-state index contributed by atoms with van der Waals surface area (Å²) in [6, 6.07) is 3.81. The molecular weight excluding hydrogens is 247 g/mol. The van der Waals surface area contributed by atoms with Gasteiger partial charge in [0.1, 0.15) is 5.82 Å². The van der Waals surface area contributed by atoms with Crippen molar-refractivity contribution in [2.24, 2.45) is 5.92 Å². The van der Waals surface area contributed by atoms with Gasteiger partial charge in [0.05, 0.1) is 11.8 Å². The van der Waals surface area contributed by atoms with Gasteiger partial charge in [-0.25, -0.2) is 4.39 Å². The van der Waals surface area contributed by atoms with Crippen LogP contribution in [0.25, 0.3) is 0 Å². The van der Waals surface area contributed by atoms with Crippen LogP contribution in [0.2, 0.25) is 0 Å². The first-order valence-corrected chi connectivity index (χ1v) is 6.50. The molecule has 1 rings (SSSR count). The summed E-state index contributed by atoms with van der Waals surface area (Å²) < 4.78 is 13.0. The molecule has 0 aliphatic carbocycles. The average Bonchev–Trinajstić information content (AvgIpc) is 2.40. The highest BCUT2D eigenvalue weighted by molar-refractivity contribution is 5.95. The molecule has 0 aliphatic heterocycles. The first-order valence-electron chi connectivity index (χ1n) is 6.50. The van der Waals surface area contributed by atoms with Crippen LogP contribution in [0.4, 0.5) is 10.1 Å². The van der Waals surface area contributed by atoms with E-state index < -0.39 is 11.9 Å². The van der Waals surface area contributed by atoms with Crippen molar-refractivity contribution in [3.63, 3.8) is 0 Å². The number of benzene rings is 1. The fourth-order valence-electron chi connectivity index (χ4n) is 1.98. The van der Waals surface area contributed by atoms with Crippen LogP contribution in [0, 0.1) is 11.7 Å². The summed E-state index contributed by atoms with van der Waals surface area (Å²) >= 11 is 0. The highest BCUT2D eigenvalue weighted by atomic mass is 19.1. The Morgan fingerprint density at radius 3 is 2.58 bits per heavy atom. The van der Waals surface area contributed by atoms with Crippen LogP contribution in [0.1, 0.15) is 37.0 Å². The van der Waals surface area contributed by atoms with Gasteiger partial charge in [0.2, 0.25) is 0 Å². The number of anilines is 1. The number of nitrogens with one attached hydrogen (secondary N) is 1. The predicted molar refractivity (Wildman–Crippen MR) is 73.2 cm³/mol. The van der Waals surface area contributed by atoms with Crippen LogP contribution in [-0.4, -0.2) is 23.7 Å². The van der Waals surface area contributed by atoms with Gasteiger partial charge in [-0.15, -0.1) is 0 Å². The summed E-state index contributed by atoms with van der Waals surface area (Å²) in [5, 5.41) is 12.5. The Bertz CT molecular complexity index is 433. The Morgan fingerprint density at radius 1 is 1.42 bits per heavy atom. The molecule has 1 unspecified atom stereocenters. The summed E-state index contributed by atoms with van der Waals surface area (Å²) in [5.74, 6) is -0.746. The van der Waals surface area contributed by atoms with Crippen molar-refractivity contribution in [3.05, 3.63) is 29.6 Å². The summed E-state index contributed by atoms with van der Waals surface area (Å²) in [6.45, 7) is 4.18. The Hall–Kier alpha value is -1.62. The molecule has 0 radical (unpaired) electrons. The maximum atomic E-state index is 13.0. The monoisotopic (exact) mass is 268 g/mol. The number of nitrogen functional groups attached to an aromatic ring is 1. The molecule has 5 heteroatoms. The van der Waals surface area contributed by atoms with E-state index in [1.54, 1.807) is 0 Å². The quantitative estimate of drug-likeness (QED) is 0.690. The molecule has 4 nitrogen and oxygen atoms in total. The third-order valence-electron chi connectivity index (χ3n) is 3.32. The maximum absolute atomic E-state index is 13.0. The molecule has 1 amide bonds. The zero-order valence-electron chi connectivity index (χ0n) is 11.3. The molecule has 0 bridgehead atoms. The largest absolute Gasteiger partial charge is 0.396 e. The van der Waals surface area contributed by atoms with Gasteiger partial charge in [0.15, 0.2) is 0 Å². The Morgan fingerprint density at radius 2 is 2.05 bits per heavy atom. The molecule has 0 spiro atoms. The van der Waals surface area contributed by atoms with Crippen molar-refractivity contribution in [3.8, 4) is 0 Å². The maximum Gasteiger partial charge on any atom is 0.251 e. The van der Waals surface area contributed by atoms with Crippen molar-refractivity contribution in [1.82, 2.24) is 5.32 Å². The number of hydrogen-bond acceptors (Lipinski definition) is 3. The van der Waals surface area contributed by atoms with E-state index in [2.05, 4.69) is 5.32 Å². The van der Waals surface area contributed by atoms with Gasteiger partial charge in [-0.2, -0.15) is 0 Å². The molecule has 0 saturated carbocycles. The molecule has 19 heavy (non-hydrogen) atoms. The number of rotatable bonds is 6. The smallest absolute Gasteiger partial charge is 0.251 e.